The van der Waals surface area contributed by atoms with E-state index in [1.807, 2.05) is 30.3 Å². The van der Waals surface area contributed by atoms with Crippen LogP contribution in [0.3, 0.4) is 0 Å². The number of para-hydroxylation sites is 1. The number of aromatic nitrogens is 1. The molecule has 0 radical (unpaired) electrons. The van der Waals surface area contributed by atoms with Crippen molar-refractivity contribution in [3.05, 3.63) is 75.7 Å². The van der Waals surface area contributed by atoms with Crippen LogP contribution in [0.1, 0.15) is 21.8 Å². The van der Waals surface area contributed by atoms with Gasteiger partial charge in [0, 0.05) is 29.5 Å². The van der Waals surface area contributed by atoms with Gasteiger partial charge in [-0.3, -0.25) is 0 Å². The normalized spacial score (nSPS) is 10.6. The van der Waals surface area contributed by atoms with Crippen molar-refractivity contribution in [2.45, 2.75) is 12.8 Å². The Morgan fingerprint density at radius 2 is 1.82 bits per heavy atom. The van der Waals surface area contributed by atoms with Crippen LogP contribution in [-0.2, 0) is 12.8 Å². The summed E-state index contributed by atoms with van der Waals surface area (Å²) in [6, 6.07) is 16.0. The molecule has 0 fully saturated rings. The van der Waals surface area contributed by atoms with Crippen molar-refractivity contribution in [1.29, 1.82) is 0 Å². The van der Waals surface area contributed by atoms with Crippen molar-refractivity contribution in [1.82, 2.24) is 4.98 Å². The van der Waals surface area contributed by atoms with Crippen LogP contribution < -0.4 is 10.5 Å². The zero-order valence-corrected chi connectivity index (χ0v) is 13.3. The summed E-state index contributed by atoms with van der Waals surface area (Å²) < 4.78 is 5.39. The van der Waals surface area contributed by atoms with Gasteiger partial charge in [0.05, 0.1) is 17.8 Å². The van der Waals surface area contributed by atoms with E-state index in [1.165, 1.54) is 5.56 Å². The lowest BCUT2D eigenvalue weighted by molar-refractivity contribution is 0.410. The van der Waals surface area contributed by atoms with E-state index in [0.717, 1.165) is 40.5 Å². The summed E-state index contributed by atoms with van der Waals surface area (Å²) in [6.07, 6.45) is 1.64. The van der Waals surface area contributed by atoms with E-state index < -0.39 is 0 Å². The van der Waals surface area contributed by atoms with Crippen molar-refractivity contribution < 1.29 is 4.74 Å². The molecule has 0 saturated carbocycles. The molecule has 2 N–H and O–H groups in total. The monoisotopic (exact) mass is 310 g/mol. The third-order valence-electron chi connectivity index (χ3n) is 3.50. The summed E-state index contributed by atoms with van der Waals surface area (Å²) in [5.74, 6) is 0.913. The molecule has 0 aliphatic rings. The standard InChI is InChI=1S/C18H18N2OS/c1-21-17-5-3-2-4-14(17)11-16-12-22-18(20-16)10-13-6-8-15(19)9-7-13/h2-9,12H,10-11,19H2,1H3. The maximum atomic E-state index is 5.71. The molecule has 0 atom stereocenters. The van der Waals surface area contributed by atoms with Crippen LogP contribution in [0.5, 0.6) is 5.75 Å². The van der Waals surface area contributed by atoms with Crippen molar-refractivity contribution in [3.63, 3.8) is 0 Å². The number of benzene rings is 2. The molecule has 0 amide bonds. The first-order valence-corrected chi connectivity index (χ1v) is 8.02. The van der Waals surface area contributed by atoms with Crippen molar-refractivity contribution in [2.75, 3.05) is 12.8 Å². The van der Waals surface area contributed by atoms with Gasteiger partial charge in [-0.15, -0.1) is 11.3 Å². The number of hydrogen-bond acceptors (Lipinski definition) is 4. The molecule has 3 rings (SSSR count). The molecule has 3 nitrogen and oxygen atoms in total. The number of thiazole rings is 1. The molecule has 0 saturated heterocycles. The minimum Gasteiger partial charge on any atom is -0.496 e. The summed E-state index contributed by atoms with van der Waals surface area (Å²) in [4.78, 5) is 4.73. The van der Waals surface area contributed by atoms with E-state index in [1.54, 1.807) is 18.4 Å². The summed E-state index contributed by atoms with van der Waals surface area (Å²) in [7, 11) is 1.70. The number of ether oxygens (including phenoxy) is 1. The van der Waals surface area contributed by atoms with Gasteiger partial charge in [0.1, 0.15) is 5.75 Å². The molecule has 3 aromatic rings. The zero-order chi connectivity index (χ0) is 15.4. The Labute approximate surface area is 134 Å². The third kappa shape index (κ3) is 3.46. The first-order valence-electron chi connectivity index (χ1n) is 7.14. The number of nitrogens with zero attached hydrogens (tertiary/aromatic N) is 1. The molecule has 1 aromatic heterocycles. The van der Waals surface area contributed by atoms with Crippen molar-refractivity contribution in [3.8, 4) is 5.75 Å². The highest BCUT2D eigenvalue weighted by atomic mass is 32.1. The van der Waals surface area contributed by atoms with Crippen LogP contribution in [0.4, 0.5) is 5.69 Å². The van der Waals surface area contributed by atoms with Gasteiger partial charge in [0.15, 0.2) is 0 Å². The van der Waals surface area contributed by atoms with Crippen molar-refractivity contribution >= 4 is 17.0 Å². The van der Waals surface area contributed by atoms with Crippen LogP contribution >= 0.6 is 11.3 Å². The summed E-state index contributed by atoms with van der Waals surface area (Å²) in [5, 5.41) is 3.24. The van der Waals surface area contributed by atoms with E-state index in [2.05, 4.69) is 23.6 Å². The van der Waals surface area contributed by atoms with Gasteiger partial charge in [-0.05, 0) is 23.8 Å². The van der Waals surface area contributed by atoms with Gasteiger partial charge >= 0.3 is 0 Å². The quantitative estimate of drug-likeness (QED) is 0.727. The summed E-state index contributed by atoms with van der Waals surface area (Å²) in [6.45, 7) is 0. The Morgan fingerprint density at radius 1 is 1.05 bits per heavy atom. The Balaban J connectivity index is 1.72. The number of rotatable bonds is 5. The predicted molar refractivity (Wildman–Crippen MR) is 91.6 cm³/mol. The highest BCUT2D eigenvalue weighted by Crippen LogP contribution is 2.23. The Kier molecular flexibility index (Phi) is 4.39. The lowest BCUT2D eigenvalue weighted by atomic mass is 10.1. The molecule has 0 aliphatic heterocycles. The minimum absolute atomic E-state index is 0.791. The SMILES string of the molecule is COc1ccccc1Cc1csc(Cc2ccc(N)cc2)n1. The molecule has 4 heteroatoms. The van der Waals surface area contributed by atoms with Gasteiger partial charge in [-0.25, -0.2) is 4.98 Å². The molecular weight excluding hydrogens is 292 g/mol. The van der Waals surface area contributed by atoms with E-state index in [9.17, 15) is 0 Å². The molecule has 0 unspecified atom stereocenters. The second kappa shape index (κ2) is 6.62. The van der Waals surface area contributed by atoms with E-state index in [4.69, 9.17) is 15.5 Å². The van der Waals surface area contributed by atoms with Crippen LogP contribution in [0.2, 0.25) is 0 Å². The smallest absolute Gasteiger partial charge is 0.122 e. The topological polar surface area (TPSA) is 48.1 Å². The minimum atomic E-state index is 0.791. The Bertz CT molecular complexity index is 750. The number of methoxy groups -OCH3 is 1. The van der Waals surface area contributed by atoms with E-state index in [-0.39, 0.29) is 0 Å². The molecule has 22 heavy (non-hydrogen) atoms. The fourth-order valence-electron chi connectivity index (χ4n) is 2.37. The fourth-order valence-corrected chi connectivity index (χ4v) is 3.19. The second-order valence-corrected chi connectivity index (χ2v) is 6.08. The first kappa shape index (κ1) is 14.6. The third-order valence-corrected chi connectivity index (χ3v) is 4.40. The maximum absolute atomic E-state index is 5.71. The van der Waals surface area contributed by atoms with Gasteiger partial charge in [-0.1, -0.05) is 30.3 Å². The molecule has 0 spiro atoms. The number of nitrogen functional groups attached to an aromatic ring is 1. The lowest BCUT2D eigenvalue weighted by Crippen LogP contribution is -1.95. The van der Waals surface area contributed by atoms with Gasteiger partial charge in [-0.2, -0.15) is 0 Å². The number of hydrogen-bond donors (Lipinski definition) is 1. The van der Waals surface area contributed by atoms with Crippen LogP contribution in [-0.4, -0.2) is 12.1 Å². The zero-order valence-electron chi connectivity index (χ0n) is 12.5. The van der Waals surface area contributed by atoms with E-state index in [0.29, 0.717) is 0 Å². The molecule has 0 aliphatic carbocycles. The molecular formula is C18H18N2OS. The average Bonchev–Trinajstić information content (AvgIpc) is 2.97. The highest BCUT2D eigenvalue weighted by Gasteiger charge is 2.07. The van der Waals surface area contributed by atoms with Gasteiger partial charge in [0.2, 0.25) is 0 Å². The average molecular weight is 310 g/mol. The van der Waals surface area contributed by atoms with Crippen LogP contribution in [0.15, 0.2) is 53.9 Å². The summed E-state index contributed by atoms with van der Waals surface area (Å²) >= 11 is 1.70. The first-order chi connectivity index (χ1) is 10.7. The van der Waals surface area contributed by atoms with Gasteiger partial charge < -0.3 is 10.5 Å². The summed E-state index contributed by atoms with van der Waals surface area (Å²) in [5.41, 5.74) is 9.98. The van der Waals surface area contributed by atoms with Crippen LogP contribution in [0, 0.1) is 0 Å². The largest absolute Gasteiger partial charge is 0.496 e. The van der Waals surface area contributed by atoms with Gasteiger partial charge in [0.25, 0.3) is 0 Å². The van der Waals surface area contributed by atoms with Crippen molar-refractivity contribution in [2.24, 2.45) is 0 Å². The molecule has 2 aromatic carbocycles. The molecule has 112 valence electrons. The fraction of sp³-hybridized carbons (Fsp3) is 0.167. The number of anilines is 1. The predicted octanol–water partition coefficient (Wildman–Crippen LogP) is 3.92. The Morgan fingerprint density at radius 3 is 2.59 bits per heavy atom. The van der Waals surface area contributed by atoms with Crippen LogP contribution in [0.25, 0.3) is 0 Å². The van der Waals surface area contributed by atoms with E-state index >= 15 is 0 Å². The lowest BCUT2D eigenvalue weighted by Gasteiger charge is -2.06. The molecule has 0 bridgehead atoms. The second-order valence-electron chi connectivity index (χ2n) is 5.14. The number of nitrogens with two attached hydrogens (primary N) is 1. The highest BCUT2D eigenvalue weighted by molar-refractivity contribution is 7.09. The Hall–Kier alpha value is -2.33. The maximum Gasteiger partial charge on any atom is 0.122 e. The molecule has 1 heterocycles.